The zero-order valence-electron chi connectivity index (χ0n) is 7.89. The first-order chi connectivity index (χ1) is 5.97. The van der Waals surface area contributed by atoms with Crippen LogP contribution in [-0.4, -0.2) is 37.1 Å². The normalized spacial score (nSPS) is 33.5. The summed E-state index contributed by atoms with van der Waals surface area (Å²) in [5, 5.41) is 3.51. The molecule has 2 aliphatic heterocycles. The molecule has 0 bridgehead atoms. The maximum absolute atomic E-state index is 3.51. The number of nitrogens with zero attached hydrogens (tertiary/aromatic N) is 1. The predicted molar refractivity (Wildman–Crippen MR) is 51.3 cm³/mol. The van der Waals surface area contributed by atoms with Crippen LogP contribution in [0.15, 0.2) is 0 Å². The zero-order valence-corrected chi connectivity index (χ0v) is 7.89. The Kier molecular flexibility index (Phi) is 3.01. The molecule has 2 rings (SSSR count). The Hall–Kier alpha value is -0.0800. The molecule has 2 nitrogen and oxygen atoms in total. The lowest BCUT2D eigenvalue weighted by Gasteiger charge is -2.22. The van der Waals surface area contributed by atoms with Gasteiger partial charge in [-0.25, -0.2) is 0 Å². The molecule has 70 valence electrons. The fraction of sp³-hybridized carbons (Fsp3) is 1.00. The average Bonchev–Trinajstić information content (AvgIpc) is 2.50. The van der Waals surface area contributed by atoms with Crippen LogP contribution in [0, 0.1) is 0 Å². The van der Waals surface area contributed by atoms with Crippen molar-refractivity contribution < 1.29 is 0 Å². The molecular weight excluding hydrogens is 148 g/mol. The van der Waals surface area contributed by atoms with Crippen LogP contribution in [0.4, 0.5) is 0 Å². The monoisotopic (exact) mass is 168 g/mol. The molecule has 2 aliphatic rings. The molecule has 0 radical (unpaired) electrons. The number of hydrogen-bond donors (Lipinski definition) is 1. The van der Waals surface area contributed by atoms with Crippen molar-refractivity contribution in [2.24, 2.45) is 0 Å². The van der Waals surface area contributed by atoms with Crippen molar-refractivity contribution in [3.8, 4) is 0 Å². The Balaban J connectivity index is 1.87. The van der Waals surface area contributed by atoms with E-state index in [0.29, 0.717) is 0 Å². The van der Waals surface area contributed by atoms with Crippen LogP contribution in [-0.2, 0) is 0 Å². The van der Waals surface area contributed by atoms with E-state index in [4.69, 9.17) is 0 Å². The van der Waals surface area contributed by atoms with E-state index in [2.05, 4.69) is 10.2 Å². The van der Waals surface area contributed by atoms with Crippen LogP contribution >= 0.6 is 0 Å². The van der Waals surface area contributed by atoms with Gasteiger partial charge in [0.05, 0.1) is 0 Å². The summed E-state index contributed by atoms with van der Waals surface area (Å²) < 4.78 is 0. The summed E-state index contributed by atoms with van der Waals surface area (Å²) in [6.07, 6.45) is 7.01. The molecule has 0 amide bonds. The molecule has 0 aromatic rings. The van der Waals surface area contributed by atoms with Crippen molar-refractivity contribution in [2.45, 2.75) is 38.1 Å². The summed E-state index contributed by atoms with van der Waals surface area (Å²) in [5.41, 5.74) is 0. The Bertz CT molecular complexity index is 122. The van der Waals surface area contributed by atoms with Gasteiger partial charge in [0.1, 0.15) is 0 Å². The molecule has 2 heteroatoms. The number of nitrogens with one attached hydrogen (secondary N) is 1. The number of rotatable bonds is 0. The molecule has 0 aromatic carbocycles. The van der Waals surface area contributed by atoms with Crippen molar-refractivity contribution >= 4 is 0 Å². The van der Waals surface area contributed by atoms with Gasteiger partial charge in [0.15, 0.2) is 0 Å². The molecule has 1 N–H and O–H groups in total. The topological polar surface area (TPSA) is 15.3 Å². The first-order valence-corrected chi connectivity index (χ1v) is 5.41. The molecule has 1 unspecified atom stereocenters. The van der Waals surface area contributed by atoms with E-state index in [1.54, 1.807) is 0 Å². The molecule has 2 fully saturated rings. The minimum atomic E-state index is 0.913. The fourth-order valence-corrected chi connectivity index (χ4v) is 2.48. The van der Waals surface area contributed by atoms with Gasteiger partial charge in [-0.3, -0.25) is 0 Å². The molecule has 0 aliphatic carbocycles. The summed E-state index contributed by atoms with van der Waals surface area (Å²) in [7, 11) is 0. The minimum absolute atomic E-state index is 0.913. The molecule has 0 aromatic heterocycles. The molecule has 0 saturated carbocycles. The summed E-state index contributed by atoms with van der Waals surface area (Å²) in [4.78, 5) is 2.70. The second kappa shape index (κ2) is 4.24. The highest BCUT2D eigenvalue weighted by Gasteiger charge is 2.23. The van der Waals surface area contributed by atoms with Crippen molar-refractivity contribution in [3.63, 3.8) is 0 Å². The van der Waals surface area contributed by atoms with Crippen molar-refractivity contribution in [1.29, 1.82) is 0 Å². The highest BCUT2D eigenvalue weighted by molar-refractivity contribution is 4.80. The van der Waals surface area contributed by atoms with E-state index in [-0.39, 0.29) is 0 Å². The molecule has 0 spiro atoms. The molecule has 12 heavy (non-hydrogen) atoms. The maximum Gasteiger partial charge on any atom is 0.0108 e. The average molecular weight is 168 g/mol. The van der Waals surface area contributed by atoms with Gasteiger partial charge in [-0.15, -0.1) is 0 Å². The van der Waals surface area contributed by atoms with Gasteiger partial charge in [-0.1, -0.05) is 0 Å². The van der Waals surface area contributed by atoms with Crippen molar-refractivity contribution in [2.75, 3.05) is 26.2 Å². The van der Waals surface area contributed by atoms with Crippen LogP contribution in [0.5, 0.6) is 0 Å². The third-order valence-corrected chi connectivity index (χ3v) is 3.20. The SMILES string of the molecule is C1CCN2CCCC2CCNC1. The van der Waals surface area contributed by atoms with E-state index >= 15 is 0 Å². The van der Waals surface area contributed by atoms with E-state index in [1.807, 2.05) is 0 Å². The van der Waals surface area contributed by atoms with Gasteiger partial charge in [-0.2, -0.15) is 0 Å². The smallest absolute Gasteiger partial charge is 0.0108 e. The minimum Gasteiger partial charge on any atom is -0.317 e. The molecule has 2 saturated heterocycles. The van der Waals surface area contributed by atoms with Gasteiger partial charge in [-0.05, 0) is 58.3 Å². The zero-order chi connectivity index (χ0) is 8.23. The van der Waals surface area contributed by atoms with Crippen molar-refractivity contribution in [1.82, 2.24) is 10.2 Å². The fourth-order valence-electron chi connectivity index (χ4n) is 2.48. The lowest BCUT2D eigenvalue weighted by Crippen LogP contribution is -2.31. The summed E-state index contributed by atoms with van der Waals surface area (Å²) in [5.74, 6) is 0. The van der Waals surface area contributed by atoms with Crippen LogP contribution < -0.4 is 5.32 Å². The Morgan fingerprint density at radius 1 is 0.917 bits per heavy atom. The molecule has 2 heterocycles. The van der Waals surface area contributed by atoms with Crippen LogP contribution in [0.1, 0.15) is 32.1 Å². The first-order valence-electron chi connectivity index (χ1n) is 5.41. The van der Waals surface area contributed by atoms with E-state index in [9.17, 15) is 0 Å². The summed E-state index contributed by atoms with van der Waals surface area (Å²) in [6.45, 7) is 5.19. The molecular formula is C10H20N2. The van der Waals surface area contributed by atoms with Crippen LogP contribution in [0.25, 0.3) is 0 Å². The maximum atomic E-state index is 3.51. The number of fused-ring (bicyclic) bond motifs is 1. The quantitative estimate of drug-likeness (QED) is 0.585. The van der Waals surface area contributed by atoms with Gasteiger partial charge >= 0.3 is 0 Å². The first kappa shape index (κ1) is 8.52. The number of hydrogen-bond acceptors (Lipinski definition) is 2. The van der Waals surface area contributed by atoms with E-state index in [1.165, 1.54) is 58.3 Å². The van der Waals surface area contributed by atoms with Gasteiger partial charge < -0.3 is 10.2 Å². The second-order valence-corrected chi connectivity index (χ2v) is 4.08. The van der Waals surface area contributed by atoms with Gasteiger partial charge in [0.2, 0.25) is 0 Å². The molecule has 1 atom stereocenters. The largest absolute Gasteiger partial charge is 0.317 e. The third kappa shape index (κ3) is 1.99. The van der Waals surface area contributed by atoms with Gasteiger partial charge in [0, 0.05) is 6.04 Å². The van der Waals surface area contributed by atoms with E-state index in [0.717, 1.165) is 6.04 Å². The lowest BCUT2D eigenvalue weighted by atomic mass is 10.1. The summed E-state index contributed by atoms with van der Waals surface area (Å²) in [6, 6.07) is 0.913. The second-order valence-electron chi connectivity index (χ2n) is 4.08. The highest BCUT2D eigenvalue weighted by atomic mass is 15.2. The Morgan fingerprint density at radius 3 is 2.83 bits per heavy atom. The lowest BCUT2D eigenvalue weighted by molar-refractivity contribution is 0.245. The van der Waals surface area contributed by atoms with Crippen LogP contribution in [0.3, 0.4) is 0 Å². The Labute approximate surface area is 75.3 Å². The van der Waals surface area contributed by atoms with Gasteiger partial charge in [0.25, 0.3) is 0 Å². The summed E-state index contributed by atoms with van der Waals surface area (Å²) >= 11 is 0. The predicted octanol–water partition coefficient (Wildman–Crippen LogP) is 1.22. The highest BCUT2D eigenvalue weighted by Crippen LogP contribution is 2.20. The van der Waals surface area contributed by atoms with Crippen molar-refractivity contribution in [3.05, 3.63) is 0 Å². The van der Waals surface area contributed by atoms with Crippen LogP contribution in [0.2, 0.25) is 0 Å². The third-order valence-electron chi connectivity index (χ3n) is 3.20. The Morgan fingerprint density at radius 2 is 1.83 bits per heavy atom. The van der Waals surface area contributed by atoms with E-state index < -0.39 is 0 Å². The standard InChI is InChI=1S/C10H20N2/c1-2-8-12-9-3-4-10(12)5-7-11-6-1/h10-11H,1-9H2.